The zero-order chi connectivity index (χ0) is 24.5. The van der Waals surface area contributed by atoms with Crippen LogP contribution in [-0.2, 0) is 0 Å². The Morgan fingerprint density at radius 3 is 2.63 bits per heavy atom. The molecule has 0 bridgehead atoms. The highest BCUT2D eigenvalue weighted by molar-refractivity contribution is 7.99. The van der Waals surface area contributed by atoms with Crippen molar-refractivity contribution in [1.29, 1.82) is 0 Å². The predicted molar refractivity (Wildman–Crippen MR) is 145 cm³/mol. The van der Waals surface area contributed by atoms with E-state index in [2.05, 4.69) is 27.7 Å². The Kier molecular flexibility index (Phi) is 7.17. The van der Waals surface area contributed by atoms with Gasteiger partial charge in [0.25, 0.3) is 5.91 Å². The summed E-state index contributed by atoms with van der Waals surface area (Å²) in [6, 6.07) is 9.56. The standard InChI is InChI=1S/C26H22Cl3N3O2S/c27-17-8-16(9-18(28)10-17)26(34)31-19-4-5-21(23(29)11-19)25(33)22-3-1-2-15-12-30-13-20-14-35-7-6-32(20)24(15)22/h1-2,4-5,8-13,22,24,30H,3,6-7,14H2,(H,31,34). The van der Waals surface area contributed by atoms with Crippen molar-refractivity contribution in [2.75, 3.05) is 23.4 Å². The summed E-state index contributed by atoms with van der Waals surface area (Å²) >= 11 is 20.5. The van der Waals surface area contributed by atoms with Crippen LogP contribution in [0, 0.1) is 5.92 Å². The fourth-order valence-corrected chi connectivity index (χ4v) is 6.44. The SMILES string of the molecule is O=C(Nc1ccc(C(=O)C2CC=CC3=CNC=C4CSCCN4C32)c(Cl)c1)c1cc(Cl)cc(Cl)c1. The third-order valence-electron chi connectivity index (χ3n) is 6.31. The van der Waals surface area contributed by atoms with Crippen molar-refractivity contribution in [2.24, 2.45) is 5.92 Å². The Morgan fingerprint density at radius 1 is 1.06 bits per heavy atom. The van der Waals surface area contributed by atoms with Gasteiger partial charge < -0.3 is 15.5 Å². The van der Waals surface area contributed by atoms with Crippen molar-refractivity contribution < 1.29 is 9.59 Å². The number of hydrogen-bond donors (Lipinski definition) is 2. The maximum Gasteiger partial charge on any atom is 0.255 e. The van der Waals surface area contributed by atoms with E-state index in [4.69, 9.17) is 34.8 Å². The Bertz CT molecular complexity index is 1270. The molecule has 0 aromatic heterocycles. The van der Waals surface area contributed by atoms with Gasteiger partial charge in [0.15, 0.2) is 5.78 Å². The lowest BCUT2D eigenvalue weighted by Gasteiger charge is -2.42. The molecular weight excluding hydrogens is 525 g/mol. The minimum absolute atomic E-state index is 0.00535. The third-order valence-corrected chi connectivity index (χ3v) is 8.03. The molecule has 1 saturated heterocycles. The number of amides is 1. The number of halogens is 3. The molecule has 1 amide bonds. The molecule has 35 heavy (non-hydrogen) atoms. The lowest BCUT2D eigenvalue weighted by molar-refractivity contribution is 0.0850. The smallest absolute Gasteiger partial charge is 0.255 e. The third kappa shape index (κ3) is 5.12. The van der Waals surface area contributed by atoms with Crippen LogP contribution in [0.3, 0.4) is 0 Å². The van der Waals surface area contributed by atoms with Gasteiger partial charge in [0.05, 0.1) is 17.0 Å². The van der Waals surface area contributed by atoms with Crippen molar-refractivity contribution in [3.63, 3.8) is 0 Å². The molecule has 0 radical (unpaired) electrons. The molecular formula is C26H22Cl3N3O2S. The van der Waals surface area contributed by atoms with Gasteiger partial charge in [-0.2, -0.15) is 11.8 Å². The fourth-order valence-electron chi connectivity index (χ4n) is 4.71. The van der Waals surface area contributed by atoms with Crippen LogP contribution >= 0.6 is 46.6 Å². The summed E-state index contributed by atoms with van der Waals surface area (Å²) in [4.78, 5) is 28.8. The van der Waals surface area contributed by atoms with E-state index < -0.39 is 0 Å². The number of anilines is 1. The van der Waals surface area contributed by atoms with Gasteiger partial charge in [0.2, 0.25) is 0 Å². The molecule has 2 aromatic rings. The minimum Gasteiger partial charge on any atom is -0.366 e. The number of hydrogen-bond acceptors (Lipinski definition) is 5. The van der Waals surface area contributed by atoms with Crippen molar-refractivity contribution in [3.05, 3.63) is 98.4 Å². The Labute approximate surface area is 223 Å². The van der Waals surface area contributed by atoms with Crippen LogP contribution < -0.4 is 10.6 Å². The van der Waals surface area contributed by atoms with Gasteiger partial charge in [0, 0.05) is 63.0 Å². The number of fused-ring (bicyclic) bond motifs is 3. The Balaban J connectivity index is 1.38. The average Bonchev–Trinajstić information content (AvgIpc) is 3.02. The zero-order valence-electron chi connectivity index (χ0n) is 18.6. The van der Waals surface area contributed by atoms with Gasteiger partial charge in [-0.1, -0.05) is 47.0 Å². The summed E-state index contributed by atoms with van der Waals surface area (Å²) in [7, 11) is 0. The summed E-state index contributed by atoms with van der Waals surface area (Å²) < 4.78 is 0. The topological polar surface area (TPSA) is 61.4 Å². The van der Waals surface area contributed by atoms with Gasteiger partial charge in [0.1, 0.15) is 0 Å². The van der Waals surface area contributed by atoms with E-state index >= 15 is 0 Å². The molecule has 2 atom stereocenters. The second-order valence-electron chi connectivity index (χ2n) is 8.55. The molecule has 2 heterocycles. The number of carbonyl (C=O) groups is 2. The van der Waals surface area contributed by atoms with Crippen molar-refractivity contribution in [3.8, 4) is 0 Å². The number of Topliss-reactive ketones (excluding diaryl/α,β-unsaturated/α-hetero) is 1. The maximum atomic E-state index is 13.8. The highest BCUT2D eigenvalue weighted by Gasteiger charge is 2.39. The number of nitrogens with one attached hydrogen (secondary N) is 2. The van der Waals surface area contributed by atoms with Gasteiger partial charge >= 0.3 is 0 Å². The first-order valence-corrected chi connectivity index (χ1v) is 13.5. The monoisotopic (exact) mass is 545 g/mol. The number of allylic oxidation sites excluding steroid dienone is 1. The van der Waals surface area contributed by atoms with Crippen molar-refractivity contribution in [1.82, 2.24) is 10.2 Å². The first-order valence-electron chi connectivity index (χ1n) is 11.2. The molecule has 2 aliphatic heterocycles. The lowest BCUT2D eigenvalue weighted by Crippen LogP contribution is -2.47. The molecule has 0 spiro atoms. The number of nitrogens with zero attached hydrogens (tertiary/aromatic N) is 1. The van der Waals surface area contributed by atoms with Gasteiger partial charge in [-0.05, 0) is 48.4 Å². The molecule has 1 aliphatic carbocycles. The molecule has 2 aromatic carbocycles. The number of benzene rings is 2. The molecule has 5 rings (SSSR count). The fraction of sp³-hybridized carbons (Fsp3) is 0.231. The van der Waals surface area contributed by atoms with Crippen LogP contribution in [0.15, 0.2) is 72.2 Å². The van der Waals surface area contributed by atoms with Crippen LogP contribution in [0.25, 0.3) is 0 Å². The summed E-state index contributed by atoms with van der Waals surface area (Å²) in [6.07, 6.45) is 8.81. The Morgan fingerprint density at radius 2 is 1.86 bits per heavy atom. The highest BCUT2D eigenvalue weighted by atomic mass is 35.5. The predicted octanol–water partition coefficient (Wildman–Crippen LogP) is 6.40. The van der Waals surface area contributed by atoms with Crippen LogP contribution in [0.2, 0.25) is 15.1 Å². The number of carbonyl (C=O) groups excluding carboxylic acids is 2. The molecule has 180 valence electrons. The average molecular weight is 547 g/mol. The van der Waals surface area contributed by atoms with Crippen LogP contribution in [0.1, 0.15) is 27.1 Å². The summed E-state index contributed by atoms with van der Waals surface area (Å²) in [5.74, 6) is 1.31. The van der Waals surface area contributed by atoms with Crippen molar-refractivity contribution in [2.45, 2.75) is 12.5 Å². The van der Waals surface area contributed by atoms with E-state index in [1.165, 1.54) is 17.8 Å². The molecule has 5 nitrogen and oxygen atoms in total. The molecule has 1 fully saturated rings. The quantitative estimate of drug-likeness (QED) is 0.434. The molecule has 0 saturated carbocycles. The minimum atomic E-state index is -0.370. The van der Waals surface area contributed by atoms with E-state index in [9.17, 15) is 9.59 Å². The lowest BCUT2D eigenvalue weighted by atomic mass is 9.79. The highest BCUT2D eigenvalue weighted by Crippen LogP contribution is 2.37. The Hall–Kier alpha value is -2.38. The molecule has 3 aliphatic rings. The van der Waals surface area contributed by atoms with E-state index in [1.54, 1.807) is 24.3 Å². The molecule has 2 unspecified atom stereocenters. The second kappa shape index (κ2) is 10.3. The van der Waals surface area contributed by atoms with Crippen LogP contribution in [0.5, 0.6) is 0 Å². The second-order valence-corrected chi connectivity index (χ2v) is 10.9. The van der Waals surface area contributed by atoms with Crippen molar-refractivity contribution >= 4 is 63.9 Å². The maximum absolute atomic E-state index is 13.8. The zero-order valence-corrected chi connectivity index (χ0v) is 21.6. The van der Waals surface area contributed by atoms with Crippen LogP contribution in [0.4, 0.5) is 5.69 Å². The van der Waals surface area contributed by atoms with Gasteiger partial charge in [-0.15, -0.1) is 0 Å². The van der Waals surface area contributed by atoms with Gasteiger partial charge in [-0.3, -0.25) is 9.59 Å². The summed E-state index contributed by atoms with van der Waals surface area (Å²) in [6.45, 7) is 0.893. The largest absolute Gasteiger partial charge is 0.366 e. The number of rotatable bonds is 4. The first-order chi connectivity index (χ1) is 16.9. The van der Waals surface area contributed by atoms with E-state index in [0.29, 0.717) is 38.3 Å². The van der Waals surface area contributed by atoms with E-state index in [-0.39, 0.29) is 23.7 Å². The van der Waals surface area contributed by atoms with Crippen LogP contribution in [-0.4, -0.2) is 40.7 Å². The van der Waals surface area contributed by atoms with E-state index in [0.717, 1.165) is 23.6 Å². The summed E-state index contributed by atoms with van der Waals surface area (Å²) in [5.41, 5.74) is 3.55. The first kappa shape index (κ1) is 24.3. The molecule has 2 N–H and O–H groups in total. The molecule has 9 heteroatoms. The van der Waals surface area contributed by atoms with E-state index in [1.807, 2.05) is 24.2 Å². The summed E-state index contributed by atoms with van der Waals surface area (Å²) in [5, 5.41) is 7.11. The number of ketones is 1. The number of thioether (sulfide) groups is 1. The van der Waals surface area contributed by atoms with Gasteiger partial charge in [-0.25, -0.2) is 0 Å². The normalized spacial score (nSPS) is 21.1.